The summed E-state index contributed by atoms with van der Waals surface area (Å²) < 4.78 is 34.9. The summed E-state index contributed by atoms with van der Waals surface area (Å²) in [6, 6.07) is 20.2. The highest BCUT2D eigenvalue weighted by Crippen LogP contribution is 2.34. The van der Waals surface area contributed by atoms with E-state index >= 15 is 0 Å². The molecule has 0 aromatic heterocycles. The molecule has 0 saturated carbocycles. The van der Waals surface area contributed by atoms with Gasteiger partial charge < -0.3 is 15.0 Å². The molecular weight excluding hydrogens is 538 g/mol. The van der Waals surface area contributed by atoms with E-state index in [9.17, 15) is 18.0 Å². The molecule has 9 heteroatoms. The number of nitrogens with one attached hydrogen (secondary N) is 1. The number of benzene rings is 3. The van der Waals surface area contributed by atoms with Crippen LogP contribution in [0.4, 0.5) is 5.69 Å². The zero-order valence-corrected chi connectivity index (χ0v) is 25.6. The van der Waals surface area contributed by atoms with Gasteiger partial charge in [-0.3, -0.25) is 13.9 Å². The Balaban J connectivity index is 2.11. The molecule has 0 fully saturated rings. The van der Waals surface area contributed by atoms with Crippen molar-refractivity contribution in [3.8, 4) is 5.75 Å². The topological polar surface area (TPSA) is 96.0 Å². The highest BCUT2D eigenvalue weighted by Gasteiger charge is 2.35. The van der Waals surface area contributed by atoms with Crippen molar-refractivity contribution in [3.63, 3.8) is 0 Å². The Bertz CT molecular complexity index is 1430. The number of sulfonamides is 1. The molecule has 8 nitrogen and oxygen atoms in total. The zero-order valence-electron chi connectivity index (χ0n) is 24.8. The predicted octanol–water partition coefficient (Wildman–Crippen LogP) is 5.23. The summed E-state index contributed by atoms with van der Waals surface area (Å²) in [4.78, 5) is 29.1. The number of aryl methyl sites for hydroxylation is 2. The minimum Gasteiger partial charge on any atom is -0.495 e. The molecule has 3 aromatic carbocycles. The molecule has 2 unspecified atom stereocenters. The average molecular weight is 580 g/mol. The van der Waals surface area contributed by atoms with Gasteiger partial charge in [0.25, 0.3) is 10.0 Å². The molecule has 3 aromatic rings. The summed E-state index contributed by atoms with van der Waals surface area (Å²) >= 11 is 0. The molecule has 41 heavy (non-hydrogen) atoms. The van der Waals surface area contributed by atoms with E-state index in [1.807, 2.05) is 71.0 Å². The lowest BCUT2D eigenvalue weighted by Gasteiger charge is -2.34. The van der Waals surface area contributed by atoms with Gasteiger partial charge in [0.2, 0.25) is 11.8 Å². The largest absolute Gasteiger partial charge is 0.495 e. The van der Waals surface area contributed by atoms with Crippen LogP contribution in [0, 0.1) is 13.8 Å². The number of carbonyl (C=O) groups is 2. The van der Waals surface area contributed by atoms with Crippen molar-refractivity contribution in [1.82, 2.24) is 10.2 Å². The maximum atomic E-state index is 14.2. The summed E-state index contributed by atoms with van der Waals surface area (Å²) in [5, 5.41) is 2.99. The molecule has 0 saturated heterocycles. The summed E-state index contributed by atoms with van der Waals surface area (Å²) in [6.45, 7) is 9.07. The second-order valence-corrected chi connectivity index (χ2v) is 12.1. The number of hydrogen-bond donors (Lipinski definition) is 1. The number of amides is 2. The van der Waals surface area contributed by atoms with Crippen LogP contribution in [0.25, 0.3) is 0 Å². The molecule has 0 radical (unpaired) electrons. The van der Waals surface area contributed by atoms with Gasteiger partial charge >= 0.3 is 0 Å². The van der Waals surface area contributed by atoms with Gasteiger partial charge in [-0.25, -0.2) is 8.42 Å². The molecule has 2 atom stereocenters. The summed E-state index contributed by atoms with van der Waals surface area (Å²) in [7, 11) is -2.73. The number of methoxy groups -OCH3 is 1. The zero-order chi connectivity index (χ0) is 30.2. The molecular formula is C32H41N3O5S. The third-order valence-corrected chi connectivity index (χ3v) is 8.85. The van der Waals surface area contributed by atoms with Gasteiger partial charge in [-0.15, -0.1) is 0 Å². The molecule has 0 spiro atoms. The van der Waals surface area contributed by atoms with Crippen LogP contribution in [0.5, 0.6) is 5.75 Å². The van der Waals surface area contributed by atoms with E-state index in [1.54, 1.807) is 24.3 Å². The molecule has 0 bridgehead atoms. The molecule has 3 rings (SSSR count). The van der Waals surface area contributed by atoms with E-state index in [1.165, 1.54) is 24.1 Å². The molecule has 0 aliphatic carbocycles. The quantitative estimate of drug-likeness (QED) is 0.299. The third kappa shape index (κ3) is 7.88. The van der Waals surface area contributed by atoms with Gasteiger partial charge in [0.1, 0.15) is 18.3 Å². The molecule has 0 aliphatic rings. The van der Waals surface area contributed by atoms with Crippen molar-refractivity contribution in [3.05, 3.63) is 89.5 Å². The summed E-state index contributed by atoms with van der Waals surface area (Å²) in [5.74, 6) is -0.457. The van der Waals surface area contributed by atoms with Crippen molar-refractivity contribution >= 4 is 27.5 Å². The normalized spacial score (nSPS) is 12.7. The van der Waals surface area contributed by atoms with E-state index in [-0.39, 0.29) is 29.1 Å². The predicted molar refractivity (Wildman–Crippen MR) is 162 cm³/mol. The Morgan fingerprint density at radius 3 is 2.12 bits per heavy atom. The van der Waals surface area contributed by atoms with Crippen LogP contribution in [-0.2, 0) is 26.2 Å². The number of rotatable bonds is 13. The van der Waals surface area contributed by atoms with Crippen LogP contribution in [-0.4, -0.2) is 50.9 Å². The van der Waals surface area contributed by atoms with Crippen molar-refractivity contribution in [1.29, 1.82) is 0 Å². The van der Waals surface area contributed by atoms with Crippen LogP contribution in [0.3, 0.4) is 0 Å². The van der Waals surface area contributed by atoms with Gasteiger partial charge in [0.15, 0.2) is 0 Å². The average Bonchev–Trinajstić information content (AvgIpc) is 2.96. The van der Waals surface area contributed by atoms with Gasteiger partial charge in [-0.2, -0.15) is 0 Å². The SMILES string of the molecule is CCC(C)NC(=O)C(CC)N(Cc1ccccc1)C(=O)CN(c1cc(C)ccc1OC)S(=O)(=O)c1ccc(C)cc1. The maximum absolute atomic E-state index is 14.2. The smallest absolute Gasteiger partial charge is 0.264 e. The van der Waals surface area contributed by atoms with Crippen molar-refractivity contribution < 1.29 is 22.7 Å². The lowest BCUT2D eigenvalue weighted by atomic mass is 10.1. The fourth-order valence-electron chi connectivity index (χ4n) is 4.49. The van der Waals surface area contributed by atoms with E-state index in [0.29, 0.717) is 12.2 Å². The Morgan fingerprint density at radius 1 is 0.902 bits per heavy atom. The monoisotopic (exact) mass is 579 g/mol. The second kappa shape index (κ2) is 14.2. The van der Waals surface area contributed by atoms with E-state index in [4.69, 9.17) is 4.74 Å². The lowest BCUT2D eigenvalue weighted by Crippen LogP contribution is -2.53. The summed E-state index contributed by atoms with van der Waals surface area (Å²) in [6.07, 6.45) is 1.10. The van der Waals surface area contributed by atoms with Crippen LogP contribution < -0.4 is 14.4 Å². The van der Waals surface area contributed by atoms with Gasteiger partial charge in [-0.1, -0.05) is 67.9 Å². The Morgan fingerprint density at radius 2 is 1.54 bits per heavy atom. The van der Waals surface area contributed by atoms with Gasteiger partial charge in [0.05, 0.1) is 17.7 Å². The number of carbonyl (C=O) groups excluding carboxylic acids is 2. The van der Waals surface area contributed by atoms with Gasteiger partial charge in [-0.05, 0) is 69.0 Å². The fraction of sp³-hybridized carbons (Fsp3) is 0.375. The Kier molecular flexibility index (Phi) is 10.9. The Labute approximate surface area is 244 Å². The van der Waals surface area contributed by atoms with E-state index < -0.39 is 28.5 Å². The highest BCUT2D eigenvalue weighted by molar-refractivity contribution is 7.92. The van der Waals surface area contributed by atoms with Crippen molar-refractivity contribution in [2.75, 3.05) is 18.0 Å². The van der Waals surface area contributed by atoms with Gasteiger partial charge in [0, 0.05) is 12.6 Å². The van der Waals surface area contributed by atoms with Crippen molar-refractivity contribution in [2.45, 2.75) is 71.0 Å². The van der Waals surface area contributed by atoms with E-state index in [2.05, 4.69) is 5.32 Å². The third-order valence-electron chi connectivity index (χ3n) is 7.07. The minimum absolute atomic E-state index is 0.0515. The van der Waals surface area contributed by atoms with E-state index in [0.717, 1.165) is 27.4 Å². The Hall–Kier alpha value is -3.85. The lowest BCUT2D eigenvalue weighted by molar-refractivity contribution is -0.140. The van der Waals surface area contributed by atoms with Crippen molar-refractivity contribution in [2.24, 2.45) is 0 Å². The molecule has 1 N–H and O–H groups in total. The molecule has 220 valence electrons. The number of hydrogen-bond acceptors (Lipinski definition) is 5. The fourth-order valence-corrected chi connectivity index (χ4v) is 5.90. The molecule has 2 amide bonds. The van der Waals surface area contributed by atoms with Crippen LogP contribution >= 0.6 is 0 Å². The highest BCUT2D eigenvalue weighted by atomic mass is 32.2. The number of nitrogens with zero attached hydrogens (tertiary/aromatic N) is 2. The second-order valence-electron chi connectivity index (χ2n) is 10.2. The first kappa shape index (κ1) is 31.7. The standard InChI is InChI=1S/C32H41N3O5S/c1-7-25(5)33-32(37)28(8-2)34(21-26-12-10-9-11-13-26)31(36)22-35(29-20-24(4)16-19-30(29)40-6)41(38,39)27-17-14-23(3)15-18-27/h9-20,25,28H,7-8,21-22H2,1-6H3,(H,33,37). The van der Waals surface area contributed by atoms with Crippen LogP contribution in [0.1, 0.15) is 50.3 Å². The molecule has 0 aliphatic heterocycles. The maximum Gasteiger partial charge on any atom is 0.264 e. The first-order valence-electron chi connectivity index (χ1n) is 13.9. The van der Waals surface area contributed by atoms with Crippen LogP contribution in [0.15, 0.2) is 77.7 Å². The molecule has 0 heterocycles. The first-order valence-corrected chi connectivity index (χ1v) is 15.3. The summed E-state index contributed by atoms with van der Waals surface area (Å²) in [5.41, 5.74) is 2.79. The minimum atomic E-state index is -4.19. The number of anilines is 1. The first-order chi connectivity index (χ1) is 19.5. The number of ether oxygens (including phenoxy) is 1. The van der Waals surface area contributed by atoms with Crippen LogP contribution in [0.2, 0.25) is 0 Å².